The molecule has 5 heteroatoms. The SMILES string of the molecule is Cc1c(I)nc(C=O)n1CC1CCO1. The van der Waals surface area contributed by atoms with Crippen LogP contribution in [0.3, 0.4) is 0 Å². The first kappa shape index (κ1) is 10.1. The van der Waals surface area contributed by atoms with Crippen LogP contribution in [0.1, 0.15) is 22.7 Å². The first-order chi connectivity index (χ1) is 6.72. The first-order valence-electron chi connectivity index (χ1n) is 4.51. The molecule has 0 bridgehead atoms. The standard InChI is InChI=1S/C9H11IN2O2/c1-6-9(10)11-8(5-13)12(6)4-7-2-3-14-7/h5,7H,2-4H2,1H3. The molecule has 4 nitrogen and oxygen atoms in total. The summed E-state index contributed by atoms with van der Waals surface area (Å²) in [5.41, 5.74) is 1.04. The molecule has 14 heavy (non-hydrogen) atoms. The molecule has 76 valence electrons. The number of halogens is 1. The zero-order chi connectivity index (χ0) is 10.1. The normalized spacial score (nSPS) is 20.6. The van der Waals surface area contributed by atoms with Gasteiger partial charge in [0.2, 0.25) is 0 Å². The minimum atomic E-state index is 0.261. The molecule has 0 aromatic carbocycles. The van der Waals surface area contributed by atoms with E-state index in [4.69, 9.17) is 4.74 Å². The van der Waals surface area contributed by atoms with Gasteiger partial charge in [0.25, 0.3) is 0 Å². The zero-order valence-electron chi connectivity index (χ0n) is 7.86. The van der Waals surface area contributed by atoms with Gasteiger partial charge in [-0.15, -0.1) is 0 Å². The van der Waals surface area contributed by atoms with Gasteiger partial charge in [0.15, 0.2) is 12.1 Å². The lowest BCUT2D eigenvalue weighted by atomic mass is 10.2. The number of carbonyl (C=O) groups is 1. The molecule has 1 aromatic heterocycles. The van der Waals surface area contributed by atoms with E-state index in [0.717, 1.165) is 35.3 Å². The number of aldehydes is 1. The maximum absolute atomic E-state index is 10.8. The molecule has 0 radical (unpaired) electrons. The third-order valence-corrected chi connectivity index (χ3v) is 3.50. The fraction of sp³-hybridized carbons (Fsp3) is 0.556. The summed E-state index contributed by atoms with van der Waals surface area (Å²) in [5, 5.41) is 0. The summed E-state index contributed by atoms with van der Waals surface area (Å²) >= 11 is 2.14. The minimum absolute atomic E-state index is 0.261. The molecule has 2 heterocycles. The van der Waals surface area contributed by atoms with Crippen molar-refractivity contribution >= 4 is 28.9 Å². The number of nitrogens with zero attached hydrogens (tertiary/aromatic N) is 2. The van der Waals surface area contributed by atoms with Gasteiger partial charge < -0.3 is 9.30 Å². The molecule has 0 amide bonds. The molecule has 1 aliphatic heterocycles. The Morgan fingerprint density at radius 1 is 1.79 bits per heavy atom. The smallest absolute Gasteiger partial charge is 0.185 e. The second-order valence-corrected chi connectivity index (χ2v) is 4.38. The number of aromatic nitrogens is 2. The number of rotatable bonds is 3. The van der Waals surface area contributed by atoms with E-state index < -0.39 is 0 Å². The van der Waals surface area contributed by atoms with Crippen molar-refractivity contribution in [1.82, 2.24) is 9.55 Å². The van der Waals surface area contributed by atoms with Gasteiger partial charge >= 0.3 is 0 Å². The zero-order valence-corrected chi connectivity index (χ0v) is 10.0. The fourth-order valence-electron chi connectivity index (χ4n) is 1.48. The third kappa shape index (κ3) is 1.70. The maximum Gasteiger partial charge on any atom is 0.185 e. The Bertz CT molecular complexity index is 358. The molecule has 1 fully saturated rings. The number of carbonyl (C=O) groups excluding carboxylic acids is 1. The third-order valence-electron chi connectivity index (χ3n) is 2.48. The van der Waals surface area contributed by atoms with Crippen LogP contribution in [0.15, 0.2) is 0 Å². The van der Waals surface area contributed by atoms with Crippen LogP contribution in [0, 0.1) is 10.6 Å². The van der Waals surface area contributed by atoms with Crippen LogP contribution in [-0.4, -0.2) is 28.5 Å². The van der Waals surface area contributed by atoms with Crippen molar-refractivity contribution in [3.05, 3.63) is 15.2 Å². The summed E-state index contributed by atoms with van der Waals surface area (Å²) in [6, 6.07) is 0. The van der Waals surface area contributed by atoms with Crippen molar-refractivity contribution in [2.45, 2.75) is 26.0 Å². The summed E-state index contributed by atoms with van der Waals surface area (Å²) in [6.45, 7) is 3.56. The van der Waals surface area contributed by atoms with Gasteiger partial charge in [-0.2, -0.15) is 0 Å². The number of hydrogen-bond donors (Lipinski definition) is 0. The van der Waals surface area contributed by atoms with Gasteiger partial charge in [0, 0.05) is 12.3 Å². The molecule has 0 spiro atoms. The number of ether oxygens (including phenoxy) is 1. The molecule has 1 saturated heterocycles. The Labute approximate surface area is 95.8 Å². The van der Waals surface area contributed by atoms with E-state index in [2.05, 4.69) is 27.6 Å². The monoisotopic (exact) mass is 306 g/mol. The second-order valence-electron chi connectivity index (χ2n) is 3.36. The minimum Gasteiger partial charge on any atom is -0.376 e. The van der Waals surface area contributed by atoms with E-state index in [-0.39, 0.29) is 6.10 Å². The molecule has 0 N–H and O–H groups in total. The van der Waals surface area contributed by atoms with Crippen molar-refractivity contribution in [1.29, 1.82) is 0 Å². The lowest BCUT2D eigenvalue weighted by molar-refractivity contribution is -0.0596. The van der Waals surface area contributed by atoms with Crippen LogP contribution in [0.2, 0.25) is 0 Å². The maximum atomic E-state index is 10.8. The summed E-state index contributed by atoms with van der Waals surface area (Å²) < 4.78 is 8.15. The highest BCUT2D eigenvalue weighted by Gasteiger charge is 2.21. The lowest BCUT2D eigenvalue weighted by Gasteiger charge is -2.27. The summed E-state index contributed by atoms with van der Waals surface area (Å²) in [4.78, 5) is 14.9. The van der Waals surface area contributed by atoms with E-state index in [0.29, 0.717) is 5.82 Å². The summed E-state index contributed by atoms with van der Waals surface area (Å²) in [7, 11) is 0. The Kier molecular flexibility index (Phi) is 2.87. The lowest BCUT2D eigenvalue weighted by Crippen LogP contribution is -2.32. The van der Waals surface area contributed by atoms with Gasteiger partial charge in [-0.3, -0.25) is 4.79 Å². The molecule has 1 aromatic rings. The Morgan fingerprint density at radius 3 is 3.00 bits per heavy atom. The molecule has 0 aliphatic carbocycles. The molecular formula is C9H11IN2O2. The average Bonchev–Trinajstić information content (AvgIpc) is 2.37. The topological polar surface area (TPSA) is 44.1 Å². The van der Waals surface area contributed by atoms with Crippen LogP contribution >= 0.6 is 22.6 Å². The molecule has 1 unspecified atom stereocenters. The van der Waals surface area contributed by atoms with E-state index >= 15 is 0 Å². The second kappa shape index (κ2) is 3.98. The Morgan fingerprint density at radius 2 is 2.50 bits per heavy atom. The predicted octanol–water partition coefficient (Wildman–Crippen LogP) is 1.40. The van der Waals surface area contributed by atoms with Crippen LogP contribution in [-0.2, 0) is 11.3 Å². The summed E-state index contributed by atoms with van der Waals surface area (Å²) in [5.74, 6) is 0.502. The van der Waals surface area contributed by atoms with Crippen LogP contribution in [0.4, 0.5) is 0 Å². The first-order valence-corrected chi connectivity index (χ1v) is 5.59. The molecule has 1 aliphatic rings. The summed E-state index contributed by atoms with van der Waals surface area (Å²) in [6.07, 6.45) is 2.14. The molecule has 0 saturated carbocycles. The van der Waals surface area contributed by atoms with Crippen molar-refractivity contribution in [2.75, 3.05) is 6.61 Å². The van der Waals surface area contributed by atoms with Crippen LogP contribution < -0.4 is 0 Å². The predicted molar refractivity (Wildman–Crippen MR) is 59.4 cm³/mol. The van der Waals surface area contributed by atoms with Crippen molar-refractivity contribution < 1.29 is 9.53 Å². The van der Waals surface area contributed by atoms with Crippen molar-refractivity contribution in [3.8, 4) is 0 Å². The van der Waals surface area contributed by atoms with Crippen LogP contribution in [0.5, 0.6) is 0 Å². The van der Waals surface area contributed by atoms with E-state index in [1.165, 1.54) is 0 Å². The Hall–Kier alpha value is -0.430. The Balaban J connectivity index is 2.24. The highest BCUT2D eigenvalue weighted by atomic mass is 127. The molecule has 2 rings (SSSR count). The molecule has 1 atom stereocenters. The van der Waals surface area contributed by atoms with Crippen LogP contribution in [0.25, 0.3) is 0 Å². The molecular weight excluding hydrogens is 295 g/mol. The average molecular weight is 306 g/mol. The van der Waals surface area contributed by atoms with Gasteiger partial charge in [-0.05, 0) is 35.9 Å². The van der Waals surface area contributed by atoms with Gasteiger partial charge in [-0.1, -0.05) is 0 Å². The number of imidazole rings is 1. The van der Waals surface area contributed by atoms with Crippen molar-refractivity contribution in [3.63, 3.8) is 0 Å². The quantitative estimate of drug-likeness (QED) is 0.626. The van der Waals surface area contributed by atoms with E-state index in [1.807, 2.05) is 11.5 Å². The highest BCUT2D eigenvalue weighted by Crippen LogP contribution is 2.18. The number of hydrogen-bond acceptors (Lipinski definition) is 3. The van der Waals surface area contributed by atoms with E-state index in [1.54, 1.807) is 0 Å². The van der Waals surface area contributed by atoms with Gasteiger partial charge in [0.1, 0.15) is 3.70 Å². The van der Waals surface area contributed by atoms with Gasteiger partial charge in [-0.25, -0.2) is 4.98 Å². The van der Waals surface area contributed by atoms with E-state index in [9.17, 15) is 4.79 Å². The van der Waals surface area contributed by atoms with Crippen molar-refractivity contribution in [2.24, 2.45) is 0 Å². The van der Waals surface area contributed by atoms with Gasteiger partial charge in [0.05, 0.1) is 12.6 Å². The largest absolute Gasteiger partial charge is 0.376 e. The fourth-order valence-corrected chi connectivity index (χ4v) is 2.02. The highest BCUT2D eigenvalue weighted by molar-refractivity contribution is 14.1.